The first kappa shape index (κ1) is 20.8. The van der Waals surface area contributed by atoms with Crippen LogP contribution in [0.2, 0.25) is 0 Å². The highest BCUT2D eigenvalue weighted by Crippen LogP contribution is 2.84. The Morgan fingerprint density at radius 1 is 1.09 bits per heavy atom. The number of ether oxygens (including phenoxy) is 6. The molecule has 0 aromatic heterocycles. The van der Waals surface area contributed by atoms with Crippen LogP contribution in [0, 0.1) is 28.1 Å². The quantitative estimate of drug-likeness (QED) is 0.363. The summed E-state index contributed by atoms with van der Waals surface area (Å²) in [6, 6.07) is 0. The lowest BCUT2D eigenvalue weighted by molar-refractivity contribution is -0.238. The van der Waals surface area contributed by atoms with Crippen molar-refractivity contribution in [2.45, 2.75) is 76.3 Å². The van der Waals surface area contributed by atoms with Crippen molar-refractivity contribution in [3.05, 3.63) is 0 Å². The molecule has 2 unspecified atom stereocenters. The molecule has 2 aliphatic carbocycles. The van der Waals surface area contributed by atoms with Gasteiger partial charge in [-0.1, -0.05) is 20.8 Å². The van der Waals surface area contributed by atoms with E-state index in [1.54, 1.807) is 0 Å². The van der Waals surface area contributed by atoms with Crippen molar-refractivity contribution in [2.24, 2.45) is 28.1 Å². The van der Waals surface area contributed by atoms with Crippen molar-refractivity contribution in [1.29, 1.82) is 0 Å². The van der Waals surface area contributed by atoms with E-state index in [0.717, 1.165) is 0 Å². The summed E-state index contributed by atoms with van der Waals surface area (Å²) < 4.78 is 34.6. The van der Waals surface area contributed by atoms with Gasteiger partial charge in [0.25, 0.3) is 0 Å². The molecular formula is C22H28O10. The molecule has 4 aliphatic heterocycles. The van der Waals surface area contributed by atoms with Crippen LogP contribution in [0.1, 0.15) is 40.5 Å². The SMILES string of the molecule is COCO[C@H]1C(=O)O[C@H]2O[C@]34C(=O)O[C@@H]5C[C@@H](C(C)(C)C)C21C53C[C@@H]1OC(=O)[C@@H](C)[C@@]14O. The molecule has 10 nitrogen and oxygen atoms in total. The third kappa shape index (κ3) is 1.69. The van der Waals surface area contributed by atoms with Gasteiger partial charge >= 0.3 is 17.9 Å². The second kappa shape index (κ2) is 5.65. The summed E-state index contributed by atoms with van der Waals surface area (Å²) in [4.78, 5) is 39.1. The van der Waals surface area contributed by atoms with Gasteiger partial charge in [-0.05, 0) is 24.7 Å². The van der Waals surface area contributed by atoms with Crippen molar-refractivity contribution < 1.29 is 47.9 Å². The van der Waals surface area contributed by atoms with Crippen LogP contribution >= 0.6 is 0 Å². The zero-order valence-corrected chi connectivity index (χ0v) is 18.7. The van der Waals surface area contributed by atoms with Gasteiger partial charge in [-0.2, -0.15) is 0 Å². The number of methoxy groups -OCH3 is 1. The second-order valence-corrected chi connectivity index (χ2v) is 11.2. The third-order valence-corrected chi connectivity index (χ3v) is 9.29. The largest absolute Gasteiger partial charge is 0.459 e. The summed E-state index contributed by atoms with van der Waals surface area (Å²) in [5.74, 6) is -3.17. The van der Waals surface area contributed by atoms with E-state index < -0.39 is 70.5 Å². The standard InChI is InChI=1S/C22H28O10/c1-9-14(23)29-12-7-19-11-6-10(18(2,3)4)20(19)13(28-8-27-5)15(24)31-17(20)32-22(19,16(25)30-11)21(9,12)26/h9-13,17,26H,6-8H2,1-5H3/t9-,10+,11-,12+,13+,17+,19?,20?,21-,22-/m1/s1. The van der Waals surface area contributed by atoms with E-state index in [1.165, 1.54) is 14.0 Å². The lowest BCUT2D eigenvalue weighted by Gasteiger charge is -2.47. The van der Waals surface area contributed by atoms with Gasteiger partial charge in [0.1, 0.15) is 19.0 Å². The molecule has 10 atom stereocenters. The van der Waals surface area contributed by atoms with Crippen LogP contribution in [0.5, 0.6) is 0 Å². The Labute approximate surface area is 184 Å². The summed E-state index contributed by atoms with van der Waals surface area (Å²) in [5, 5.41) is 12.0. The van der Waals surface area contributed by atoms with E-state index in [9.17, 15) is 19.5 Å². The zero-order valence-electron chi connectivity index (χ0n) is 18.7. The molecule has 10 heteroatoms. The van der Waals surface area contributed by atoms with Crippen molar-refractivity contribution in [2.75, 3.05) is 13.9 Å². The molecule has 6 rings (SSSR count). The smallest absolute Gasteiger partial charge is 0.342 e. The van der Waals surface area contributed by atoms with Crippen LogP contribution < -0.4 is 0 Å². The minimum atomic E-state index is -1.95. The number of hydrogen-bond donors (Lipinski definition) is 1. The van der Waals surface area contributed by atoms with Crippen LogP contribution in [-0.4, -0.2) is 72.7 Å². The Morgan fingerprint density at radius 3 is 2.47 bits per heavy atom. The average Bonchev–Trinajstić information content (AvgIpc) is 3.40. The van der Waals surface area contributed by atoms with Gasteiger partial charge in [-0.25, -0.2) is 9.59 Å². The number of carbonyl (C=O) groups excluding carboxylic acids is 3. The molecule has 0 radical (unpaired) electrons. The number of esters is 3. The van der Waals surface area contributed by atoms with Crippen molar-refractivity contribution in [3.8, 4) is 0 Å². The van der Waals surface area contributed by atoms with Gasteiger partial charge in [-0.3, -0.25) is 4.79 Å². The highest BCUT2D eigenvalue weighted by molar-refractivity contribution is 5.93. The van der Waals surface area contributed by atoms with Gasteiger partial charge in [0.15, 0.2) is 11.7 Å². The fourth-order valence-corrected chi connectivity index (χ4v) is 8.38. The molecule has 6 fully saturated rings. The molecule has 32 heavy (non-hydrogen) atoms. The van der Waals surface area contributed by atoms with E-state index in [4.69, 9.17) is 28.4 Å². The molecular weight excluding hydrogens is 424 g/mol. The molecule has 2 saturated carbocycles. The van der Waals surface area contributed by atoms with Crippen molar-refractivity contribution in [3.63, 3.8) is 0 Å². The minimum absolute atomic E-state index is 0.114. The highest BCUT2D eigenvalue weighted by Gasteiger charge is 3.01. The Balaban J connectivity index is 1.64. The number of carbonyl (C=O) groups is 3. The number of fused-ring (bicyclic) bond motifs is 1. The number of hydrogen-bond acceptors (Lipinski definition) is 10. The zero-order chi connectivity index (χ0) is 23.1. The molecule has 0 bridgehead atoms. The Morgan fingerprint density at radius 2 is 1.81 bits per heavy atom. The maximum absolute atomic E-state index is 13.6. The van der Waals surface area contributed by atoms with Crippen LogP contribution in [0.3, 0.4) is 0 Å². The maximum atomic E-state index is 13.6. The maximum Gasteiger partial charge on any atom is 0.342 e. The number of rotatable bonds is 3. The lowest BCUT2D eigenvalue weighted by atomic mass is 9.51. The lowest BCUT2D eigenvalue weighted by Crippen LogP contribution is -2.66. The Kier molecular flexibility index (Phi) is 3.68. The molecule has 1 N–H and O–H groups in total. The summed E-state index contributed by atoms with van der Waals surface area (Å²) in [6.07, 6.45) is -3.27. The molecule has 176 valence electrons. The molecule has 4 saturated heterocycles. The van der Waals surface area contributed by atoms with Crippen LogP contribution in [0.25, 0.3) is 0 Å². The van der Waals surface area contributed by atoms with Gasteiger partial charge < -0.3 is 33.5 Å². The van der Waals surface area contributed by atoms with Crippen LogP contribution in [0.4, 0.5) is 0 Å². The van der Waals surface area contributed by atoms with Gasteiger partial charge in [0, 0.05) is 13.5 Å². The van der Waals surface area contributed by atoms with Gasteiger partial charge in [-0.15, -0.1) is 0 Å². The molecule has 4 heterocycles. The molecule has 6 aliphatic rings. The normalized spacial score (nSPS) is 54.8. The topological polar surface area (TPSA) is 127 Å². The van der Waals surface area contributed by atoms with Crippen LogP contribution in [0.15, 0.2) is 0 Å². The van der Waals surface area contributed by atoms with E-state index in [-0.39, 0.29) is 24.5 Å². The second-order valence-electron chi connectivity index (χ2n) is 11.2. The fourth-order valence-electron chi connectivity index (χ4n) is 8.38. The van der Waals surface area contributed by atoms with E-state index >= 15 is 0 Å². The third-order valence-electron chi connectivity index (χ3n) is 9.29. The van der Waals surface area contributed by atoms with E-state index in [2.05, 4.69) is 0 Å². The summed E-state index contributed by atoms with van der Waals surface area (Å²) in [7, 11) is 1.45. The Bertz CT molecular complexity index is 941. The van der Waals surface area contributed by atoms with Crippen LogP contribution in [-0.2, 0) is 42.8 Å². The minimum Gasteiger partial charge on any atom is -0.459 e. The predicted octanol–water partition coefficient (Wildman–Crippen LogP) is 0.288. The fraction of sp³-hybridized carbons (Fsp3) is 0.864. The summed E-state index contributed by atoms with van der Waals surface area (Å²) in [6.45, 7) is 7.51. The van der Waals surface area contributed by atoms with Gasteiger partial charge in [0.2, 0.25) is 11.9 Å². The first-order valence-electron chi connectivity index (χ1n) is 11.1. The Hall–Kier alpha value is -1.75. The number of aliphatic hydroxyl groups is 1. The van der Waals surface area contributed by atoms with E-state index in [0.29, 0.717) is 6.42 Å². The van der Waals surface area contributed by atoms with Gasteiger partial charge in [0.05, 0.1) is 16.7 Å². The van der Waals surface area contributed by atoms with E-state index in [1.807, 2.05) is 20.8 Å². The molecule has 0 aromatic rings. The van der Waals surface area contributed by atoms with Crippen molar-refractivity contribution >= 4 is 17.9 Å². The monoisotopic (exact) mass is 452 g/mol. The average molecular weight is 452 g/mol. The molecule has 0 aromatic carbocycles. The van der Waals surface area contributed by atoms with Crippen molar-refractivity contribution in [1.82, 2.24) is 0 Å². The highest BCUT2D eigenvalue weighted by atomic mass is 16.8. The summed E-state index contributed by atoms with van der Waals surface area (Å²) in [5.41, 5.74) is -6.50. The molecule has 2 spiro atoms. The summed E-state index contributed by atoms with van der Waals surface area (Å²) >= 11 is 0. The predicted molar refractivity (Wildman–Crippen MR) is 101 cm³/mol. The molecule has 0 amide bonds. The first-order chi connectivity index (χ1) is 14.9. The first-order valence-corrected chi connectivity index (χ1v) is 11.1.